The van der Waals surface area contributed by atoms with Crippen molar-refractivity contribution in [3.8, 4) is 0 Å². The fourth-order valence-electron chi connectivity index (χ4n) is 2.31. The number of amides is 1. The van der Waals surface area contributed by atoms with Crippen LogP contribution in [0.4, 0.5) is 0 Å². The Morgan fingerprint density at radius 1 is 1.14 bits per heavy atom. The van der Waals surface area contributed by atoms with Gasteiger partial charge in [0.05, 0.1) is 5.92 Å². The van der Waals surface area contributed by atoms with Crippen LogP contribution in [0.15, 0.2) is 48.8 Å². The number of rotatable bonds is 5. The third-order valence-electron chi connectivity index (χ3n) is 3.39. The molecule has 0 saturated carbocycles. The van der Waals surface area contributed by atoms with E-state index in [1.165, 1.54) is 0 Å². The molecule has 0 fully saturated rings. The molecule has 21 heavy (non-hydrogen) atoms. The average Bonchev–Trinajstić information content (AvgIpc) is 2.48. The van der Waals surface area contributed by atoms with Crippen molar-refractivity contribution in [2.24, 2.45) is 5.92 Å². The molecule has 0 bridgehead atoms. The van der Waals surface area contributed by atoms with Gasteiger partial charge in [-0.1, -0.05) is 37.6 Å². The minimum Gasteiger partial charge on any atom is -0.351 e. The molecule has 0 saturated heterocycles. The van der Waals surface area contributed by atoms with Crippen molar-refractivity contribution in [2.45, 2.75) is 26.3 Å². The number of nitrogens with one attached hydrogen (secondary N) is 1. The van der Waals surface area contributed by atoms with Crippen LogP contribution in [0.2, 0.25) is 5.02 Å². The van der Waals surface area contributed by atoms with Gasteiger partial charge < -0.3 is 5.32 Å². The number of hydrogen-bond donors (Lipinski definition) is 1. The molecule has 0 radical (unpaired) electrons. The third-order valence-corrected chi connectivity index (χ3v) is 3.65. The number of carbonyl (C=O) groups is 1. The van der Waals surface area contributed by atoms with E-state index in [-0.39, 0.29) is 17.7 Å². The molecule has 0 aliphatic rings. The zero-order valence-corrected chi connectivity index (χ0v) is 13.0. The molecule has 2 aromatic rings. The van der Waals surface area contributed by atoms with Crippen molar-refractivity contribution in [2.75, 3.05) is 0 Å². The summed E-state index contributed by atoms with van der Waals surface area (Å²) in [6.07, 6.45) is 3.45. The Balaban J connectivity index is 2.07. The van der Waals surface area contributed by atoms with Crippen molar-refractivity contribution < 1.29 is 4.79 Å². The summed E-state index contributed by atoms with van der Waals surface area (Å²) in [5.74, 6) is 0.0665. The zero-order valence-electron chi connectivity index (χ0n) is 12.2. The monoisotopic (exact) mass is 302 g/mol. The summed E-state index contributed by atoms with van der Waals surface area (Å²) < 4.78 is 0. The number of halogens is 1. The van der Waals surface area contributed by atoms with E-state index in [0.717, 1.165) is 11.1 Å². The first-order chi connectivity index (χ1) is 10.1. The van der Waals surface area contributed by atoms with Gasteiger partial charge in [-0.15, -0.1) is 0 Å². The number of benzene rings is 1. The van der Waals surface area contributed by atoms with Crippen LogP contribution in [-0.4, -0.2) is 10.9 Å². The van der Waals surface area contributed by atoms with E-state index in [0.29, 0.717) is 11.6 Å². The van der Waals surface area contributed by atoms with Crippen LogP contribution in [0.5, 0.6) is 0 Å². The van der Waals surface area contributed by atoms with Gasteiger partial charge in [0.15, 0.2) is 0 Å². The fourth-order valence-corrected chi connectivity index (χ4v) is 2.43. The Labute approximate surface area is 130 Å². The van der Waals surface area contributed by atoms with E-state index in [9.17, 15) is 4.79 Å². The highest BCUT2D eigenvalue weighted by Gasteiger charge is 2.23. The van der Waals surface area contributed by atoms with E-state index >= 15 is 0 Å². The highest BCUT2D eigenvalue weighted by molar-refractivity contribution is 6.30. The van der Waals surface area contributed by atoms with Crippen LogP contribution >= 0.6 is 11.6 Å². The van der Waals surface area contributed by atoms with Gasteiger partial charge in [-0.2, -0.15) is 0 Å². The largest absolute Gasteiger partial charge is 0.351 e. The molecule has 1 N–H and O–H groups in total. The first-order valence-electron chi connectivity index (χ1n) is 7.00. The van der Waals surface area contributed by atoms with E-state index in [4.69, 9.17) is 11.6 Å². The summed E-state index contributed by atoms with van der Waals surface area (Å²) in [6.45, 7) is 4.61. The standard InChI is InChI=1S/C17H19ClN2O/c1-12(2)16(14-3-5-15(18)6-4-14)17(21)20-11-13-7-9-19-10-8-13/h3-10,12,16H,11H2,1-2H3,(H,20,21)/t16-/m0/s1. The number of aromatic nitrogens is 1. The normalized spacial score (nSPS) is 12.2. The van der Waals surface area contributed by atoms with Crippen molar-refractivity contribution in [1.82, 2.24) is 10.3 Å². The molecule has 1 amide bonds. The summed E-state index contributed by atoms with van der Waals surface area (Å²) in [7, 11) is 0. The summed E-state index contributed by atoms with van der Waals surface area (Å²) in [4.78, 5) is 16.5. The summed E-state index contributed by atoms with van der Waals surface area (Å²) in [5, 5.41) is 3.67. The Bertz CT molecular complexity index is 581. The van der Waals surface area contributed by atoms with Crippen LogP contribution in [0.3, 0.4) is 0 Å². The molecule has 3 nitrogen and oxygen atoms in total. The lowest BCUT2D eigenvalue weighted by atomic mass is 9.87. The minimum atomic E-state index is -0.177. The Kier molecular flexibility index (Phi) is 5.34. The van der Waals surface area contributed by atoms with Crippen LogP contribution in [0, 0.1) is 5.92 Å². The summed E-state index contributed by atoms with van der Waals surface area (Å²) >= 11 is 5.91. The average molecular weight is 303 g/mol. The summed E-state index contributed by atoms with van der Waals surface area (Å²) in [6, 6.07) is 11.3. The molecule has 0 spiro atoms. The maximum Gasteiger partial charge on any atom is 0.228 e. The molecule has 1 atom stereocenters. The molecular weight excluding hydrogens is 284 g/mol. The van der Waals surface area contributed by atoms with E-state index in [2.05, 4.69) is 10.3 Å². The lowest BCUT2D eigenvalue weighted by molar-refractivity contribution is -0.123. The first kappa shape index (κ1) is 15.5. The number of nitrogens with zero attached hydrogens (tertiary/aromatic N) is 1. The van der Waals surface area contributed by atoms with Gasteiger partial charge in [-0.3, -0.25) is 9.78 Å². The van der Waals surface area contributed by atoms with E-state index in [1.54, 1.807) is 12.4 Å². The number of pyridine rings is 1. The Morgan fingerprint density at radius 2 is 1.76 bits per heavy atom. The topological polar surface area (TPSA) is 42.0 Å². The molecule has 4 heteroatoms. The second kappa shape index (κ2) is 7.23. The van der Waals surface area contributed by atoms with Crippen molar-refractivity contribution in [1.29, 1.82) is 0 Å². The van der Waals surface area contributed by atoms with E-state index in [1.807, 2.05) is 50.2 Å². The zero-order chi connectivity index (χ0) is 15.2. The maximum atomic E-state index is 12.5. The second-order valence-corrected chi connectivity index (χ2v) is 5.78. The molecule has 0 aliphatic carbocycles. The predicted octanol–water partition coefficient (Wildman–Crippen LogP) is 3.79. The van der Waals surface area contributed by atoms with E-state index < -0.39 is 0 Å². The molecule has 110 valence electrons. The molecule has 0 aliphatic heterocycles. The van der Waals surface area contributed by atoms with Gasteiger partial charge in [0.1, 0.15) is 0 Å². The highest BCUT2D eigenvalue weighted by atomic mass is 35.5. The Hall–Kier alpha value is -1.87. The van der Waals surface area contributed by atoms with Crippen molar-refractivity contribution in [3.05, 3.63) is 64.9 Å². The lowest BCUT2D eigenvalue weighted by Gasteiger charge is -2.21. The van der Waals surface area contributed by atoms with Crippen molar-refractivity contribution >= 4 is 17.5 Å². The van der Waals surface area contributed by atoms with Gasteiger partial charge >= 0.3 is 0 Å². The number of carbonyl (C=O) groups excluding carboxylic acids is 1. The predicted molar refractivity (Wildman–Crippen MR) is 85.1 cm³/mol. The number of hydrogen-bond acceptors (Lipinski definition) is 2. The SMILES string of the molecule is CC(C)[C@H](C(=O)NCc1ccncc1)c1ccc(Cl)cc1. The molecule has 1 aromatic heterocycles. The van der Waals surface area contributed by atoms with Gasteiger partial charge in [0, 0.05) is 24.0 Å². The molecule has 1 aromatic carbocycles. The van der Waals surface area contributed by atoms with Gasteiger partial charge in [0.25, 0.3) is 0 Å². The van der Waals surface area contributed by atoms with Crippen LogP contribution in [0.1, 0.15) is 30.9 Å². The molecule has 0 unspecified atom stereocenters. The fraction of sp³-hybridized carbons (Fsp3) is 0.294. The quantitative estimate of drug-likeness (QED) is 0.913. The molecule has 2 rings (SSSR count). The maximum absolute atomic E-state index is 12.5. The van der Waals surface area contributed by atoms with Crippen LogP contribution in [-0.2, 0) is 11.3 Å². The minimum absolute atomic E-state index is 0.0316. The highest BCUT2D eigenvalue weighted by Crippen LogP contribution is 2.26. The Morgan fingerprint density at radius 3 is 2.33 bits per heavy atom. The molecule has 1 heterocycles. The second-order valence-electron chi connectivity index (χ2n) is 5.35. The lowest BCUT2D eigenvalue weighted by Crippen LogP contribution is -2.31. The first-order valence-corrected chi connectivity index (χ1v) is 7.38. The molecular formula is C17H19ClN2O. The van der Waals surface area contributed by atoms with Crippen molar-refractivity contribution in [3.63, 3.8) is 0 Å². The van der Waals surface area contributed by atoms with Crippen LogP contribution in [0.25, 0.3) is 0 Å². The smallest absolute Gasteiger partial charge is 0.228 e. The van der Waals surface area contributed by atoms with Crippen LogP contribution < -0.4 is 5.32 Å². The van der Waals surface area contributed by atoms with Gasteiger partial charge in [-0.05, 0) is 41.3 Å². The summed E-state index contributed by atoms with van der Waals surface area (Å²) in [5.41, 5.74) is 2.03. The van der Waals surface area contributed by atoms with Gasteiger partial charge in [-0.25, -0.2) is 0 Å². The third kappa shape index (κ3) is 4.30. The van der Waals surface area contributed by atoms with Gasteiger partial charge in [0.2, 0.25) is 5.91 Å².